The van der Waals surface area contributed by atoms with Crippen molar-refractivity contribution >= 4 is 23.2 Å². The van der Waals surface area contributed by atoms with E-state index in [1.165, 1.54) is 4.90 Å². The smallest absolute Gasteiger partial charge is 0.255 e. The Balaban J connectivity index is 1.29. The zero-order chi connectivity index (χ0) is 25.3. The van der Waals surface area contributed by atoms with Crippen LogP contribution in [0.25, 0.3) is 0 Å². The summed E-state index contributed by atoms with van der Waals surface area (Å²) in [6.45, 7) is 8.20. The number of hydrogen-bond acceptors (Lipinski definition) is 6. The molecule has 1 fully saturated rings. The molecule has 8 nitrogen and oxygen atoms in total. The molecule has 35 heavy (non-hydrogen) atoms. The van der Waals surface area contributed by atoms with Crippen molar-refractivity contribution in [3.05, 3.63) is 59.2 Å². The molecule has 2 amide bonds. The quantitative estimate of drug-likeness (QED) is 0.469. The Morgan fingerprint density at radius 1 is 1.09 bits per heavy atom. The summed E-state index contributed by atoms with van der Waals surface area (Å²) in [7, 11) is 0. The number of nitrogen functional groups attached to an aromatic ring is 1. The molecule has 188 valence electrons. The number of piperidine rings is 1. The number of carbonyl (C=O) groups is 2. The number of aliphatic hydroxyl groups excluding tert-OH is 2. The van der Waals surface area contributed by atoms with E-state index >= 15 is 0 Å². The maximum atomic E-state index is 13.0. The lowest BCUT2D eigenvalue weighted by Gasteiger charge is -2.36. The predicted molar refractivity (Wildman–Crippen MR) is 136 cm³/mol. The molecule has 1 saturated heterocycles. The molecule has 2 aliphatic heterocycles. The van der Waals surface area contributed by atoms with Crippen molar-refractivity contribution in [1.82, 2.24) is 10.2 Å². The van der Waals surface area contributed by atoms with Crippen LogP contribution in [0.1, 0.15) is 43.4 Å². The second-order valence-corrected chi connectivity index (χ2v) is 10.2. The summed E-state index contributed by atoms with van der Waals surface area (Å²) >= 11 is 0. The Bertz CT molecular complexity index is 1070. The molecule has 2 aliphatic rings. The van der Waals surface area contributed by atoms with Gasteiger partial charge in [-0.3, -0.25) is 9.59 Å². The van der Waals surface area contributed by atoms with Gasteiger partial charge in [-0.25, -0.2) is 0 Å². The van der Waals surface area contributed by atoms with E-state index < -0.39 is 29.6 Å². The van der Waals surface area contributed by atoms with E-state index in [1.807, 2.05) is 63.2 Å². The summed E-state index contributed by atoms with van der Waals surface area (Å²) in [4.78, 5) is 29.4. The fourth-order valence-corrected chi connectivity index (χ4v) is 5.38. The second kappa shape index (κ2) is 9.87. The summed E-state index contributed by atoms with van der Waals surface area (Å²) in [6, 6.07) is 13.6. The number of amides is 2. The maximum absolute atomic E-state index is 13.0. The molecule has 4 rings (SSSR count). The Labute approximate surface area is 206 Å². The summed E-state index contributed by atoms with van der Waals surface area (Å²) < 4.78 is 0. The summed E-state index contributed by atoms with van der Waals surface area (Å²) in [6.07, 6.45) is -1.92. The molecular formula is C27H36N4O4. The Hall–Kier alpha value is -3.10. The van der Waals surface area contributed by atoms with E-state index in [2.05, 4.69) is 10.2 Å². The molecule has 0 aromatic heterocycles. The van der Waals surface area contributed by atoms with Crippen molar-refractivity contribution in [3.8, 4) is 0 Å². The number of aryl methyl sites for hydroxylation is 1. The third-order valence-electron chi connectivity index (χ3n) is 7.53. The first-order valence-corrected chi connectivity index (χ1v) is 12.2. The number of anilines is 2. The summed E-state index contributed by atoms with van der Waals surface area (Å²) in [5, 5.41) is 23.7. The number of nitrogens with one attached hydrogen (secondary N) is 1. The number of aliphatic hydroxyl groups is 2. The molecule has 8 heteroatoms. The van der Waals surface area contributed by atoms with Gasteiger partial charge in [0, 0.05) is 26.2 Å². The van der Waals surface area contributed by atoms with Crippen LogP contribution in [0, 0.1) is 12.8 Å². The van der Waals surface area contributed by atoms with Gasteiger partial charge < -0.3 is 31.1 Å². The highest BCUT2D eigenvalue weighted by Crippen LogP contribution is 2.39. The Morgan fingerprint density at radius 2 is 1.77 bits per heavy atom. The molecule has 5 N–H and O–H groups in total. The Kier molecular flexibility index (Phi) is 7.05. The predicted octanol–water partition coefficient (Wildman–Crippen LogP) is 1.91. The normalized spacial score (nSPS) is 19.2. The topological polar surface area (TPSA) is 119 Å². The summed E-state index contributed by atoms with van der Waals surface area (Å²) in [5.74, 6) is -1.14. The van der Waals surface area contributed by atoms with Gasteiger partial charge in [0.2, 0.25) is 0 Å². The van der Waals surface area contributed by atoms with Crippen molar-refractivity contribution in [2.75, 3.05) is 30.3 Å². The van der Waals surface area contributed by atoms with Crippen molar-refractivity contribution in [3.63, 3.8) is 0 Å². The monoisotopic (exact) mass is 480 g/mol. The molecule has 0 spiro atoms. The van der Waals surface area contributed by atoms with Gasteiger partial charge in [-0.1, -0.05) is 36.4 Å². The molecule has 0 saturated carbocycles. The van der Waals surface area contributed by atoms with Crippen molar-refractivity contribution in [1.29, 1.82) is 0 Å². The van der Waals surface area contributed by atoms with Crippen molar-refractivity contribution in [2.45, 2.75) is 57.9 Å². The number of benzene rings is 2. The highest BCUT2D eigenvalue weighted by Gasteiger charge is 2.44. The van der Waals surface area contributed by atoms with Crippen LogP contribution in [0.5, 0.6) is 0 Å². The highest BCUT2D eigenvalue weighted by atomic mass is 16.3. The minimum Gasteiger partial charge on any atom is -0.397 e. The van der Waals surface area contributed by atoms with Gasteiger partial charge in [-0.05, 0) is 62.3 Å². The second-order valence-electron chi connectivity index (χ2n) is 10.2. The third-order valence-corrected chi connectivity index (χ3v) is 7.53. The van der Waals surface area contributed by atoms with Crippen LogP contribution in [0.3, 0.4) is 0 Å². The minimum atomic E-state index is -1.83. The van der Waals surface area contributed by atoms with Crippen LogP contribution in [0.2, 0.25) is 0 Å². The van der Waals surface area contributed by atoms with E-state index in [-0.39, 0.29) is 5.92 Å². The number of carbonyl (C=O) groups excluding carboxylic acids is 2. The standard InChI is InChI=1S/C27H36N4O4/c1-17-7-6-10-21(28)22(17)30-13-11-18(12-14-30)15-29-25(34)23(32)24(33)26(35)31-16-19-8-4-5-9-20(19)27(31,2)3/h4-10,18,23-24,32-33H,11-16,28H2,1-3H3,(H,29,34)/t23-,24-/m1/s1. The molecule has 2 aromatic rings. The average Bonchev–Trinajstić information content (AvgIpc) is 3.12. The van der Waals surface area contributed by atoms with Gasteiger partial charge in [-0.15, -0.1) is 0 Å². The van der Waals surface area contributed by atoms with E-state index in [4.69, 9.17) is 5.73 Å². The van der Waals surface area contributed by atoms with E-state index in [0.717, 1.165) is 54.0 Å². The minimum absolute atomic E-state index is 0.243. The van der Waals surface area contributed by atoms with Gasteiger partial charge in [0.1, 0.15) is 0 Å². The lowest BCUT2D eigenvalue weighted by molar-refractivity contribution is -0.157. The van der Waals surface area contributed by atoms with Crippen LogP contribution in [0.4, 0.5) is 11.4 Å². The molecular weight excluding hydrogens is 444 g/mol. The van der Waals surface area contributed by atoms with Gasteiger partial charge in [0.15, 0.2) is 12.2 Å². The van der Waals surface area contributed by atoms with E-state index in [0.29, 0.717) is 13.1 Å². The molecule has 2 atom stereocenters. The van der Waals surface area contributed by atoms with Gasteiger partial charge in [0.25, 0.3) is 11.8 Å². The maximum Gasteiger partial charge on any atom is 0.255 e. The van der Waals surface area contributed by atoms with Crippen LogP contribution in [-0.4, -0.2) is 58.8 Å². The van der Waals surface area contributed by atoms with Crippen LogP contribution in [0.15, 0.2) is 42.5 Å². The number of rotatable bonds is 6. The van der Waals surface area contributed by atoms with Crippen LogP contribution < -0.4 is 16.0 Å². The molecule has 0 radical (unpaired) electrons. The van der Waals surface area contributed by atoms with E-state index in [9.17, 15) is 19.8 Å². The van der Waals surface area contributed by atoms with Crippen LogP contribution >= 0.6 is 0 Å². The first-order chi connectivity index (χ1) is 16.6. The fourth-order valence-electron chi connectivity index (χ4n) is 5.38. The van der Waals surface area contributed by atoms with Crippen molar-refractivity contribution in [2.24, 2.45) is 5.92 Å². The Morgan fingerprint density at radius 3 is 2.43 bits per heavy atom. The average molecular weight is 481 g/mol. The van der Waals surface area contributed by atoms with Gasteiger partial charge >= 0.3 is 0 Å². The van der Waals surface area contributed by atoms with Gasteiger partial charge in [-0.2, -0.15) is 0 Å². The summed E-state index contributed by atoms with van der Waals surface area (Å²) in [5.41, 5.74) is 10.5. The first-order valence-electron chi connectivity index (χ1n) is 12.2. The molecule has 0 unspecified atom stereocenters. The molecule has 2 aromatic carbocycles. The molecule has 0 bridgehead atoms. The zero-order valence-electron chi connectivity index (χ0n) is 20.7. The SMILES string of the molecule is Cc1cccc(N)c1N1CCC(CNC(=O)[C@H](O)[C@@H](O)C(=O)N2Cc3ccccc3C2(C)C)CC1. The highest BCUT2D eigenvalue weighted by molar-refractivity contribution is 5.91. The largest absolute Gasteiger partial charge is 0.397 e. The van der Waals surface area contributed by atoms with Gasteiger partial charge in [0.05, 0.1) is 16.9 Å². The number of para-hydroxylation sites is 1. The van der Waals surface area contributed by atoms with E-state index in [1.54, 1.807) is 0 Å². The van der Waals surface area contributed by atoms with Crippen molar-refractivity contribution < 1.29 is 19.8 Å². The molecule has 2 heterocycles. The third kappa shape index (κ3) is 4.86. The first kappa shape index (κ1) is 25.0. The van der Waals surface area contributed by atoms with Crippen LogP contribution in [-0.2, 0) is 21.7 Å². The number of fused-ring (bicyclic) bond motifs is 1. The molecule has 0 aliphatic carbocycles. The number of nitrogens with two attached hydrogens (primary N) is 1. The lowest BCUT2D eigenvalue weighted by atomic mass is 9.93. The number of hydrogen-bond donors (Lipinski definition) is 4. The fraction of sp³-hybridized carbons (Fsp3) is 0.481. The lowest BCUT2D eigenvalue weighted by Crippen LogP contribution is -2.53. The number of nitrogens with zero attached hydrogens (tertiary/aromatic N) is 2. The zero-order valence-corrected chi connectivity index (χ0v) is 20.7.